The molecule has 7 heteroatoms. The van der Waals surface area contributed by atoms with Gasteiger partial charge in [0.1, 0.15) is 0 Å². The van der Waals surface area contributed by atoms with Gasteiger partial charge in [0.05, 0.1) is 22.4 Å². The fraction of sp³-hybridized carbons (Fsp3) is 0.450. The zero-order chi connectivity index (χ0) is 19.4. The first-order valence-electron chi connectivity index (χ1n) is 9.25. The Labute approximate surface area is 163 Å². The minimum Gasteiger partial charge on any atom is -0.481 e. The topological polar surface area (TPSA) is 86.7 Å². The van der Waals surface area contributed by atoms with Crippen LogP contribution in [0.3, 0.4) is 0 Å². The molecule has 1 fully saturated rings. The molecule has 1 aliphatic carbocycles. The first-order chi connectivity index (χ1) is 13.0. The maximum absolute atomic E-state index is 12.6. The molecule has 1 aliphatic heterocycles. The van der Waals surface area contributed by atoms with Crippen LogP contribution in [-0.4, -0.2) is 40.9 Å². The van der Waals surface area contributed by atoms with E-state index in [-0.39, 0.29) is 16.8 Å². The number of carboxylic acids is 1. The molecule has 2 N–H and O–H groups in total. The summed E-state index contributed by atoms with van der Waals surface area (Å²) in [5.74, 6) is -2.77. The number of carbonyl (C=O) groups is 3. The maximum Gasteiger partial charge on any atom is 0.307 e. The van der Waals surface area contributed by atoms with E-state index in [1.165, 1.54) is 0 Å². The number of rotatable bonds is 4. The molecule has 144 valence electrons. The molecule has 1 aromatic carbocycles. The Morgan fingerprint density at radius 3 is 2.33 bits per heavy atom. The third-order valence-corrected chi connectivity index (χ3v) is 5.51. The number of hydrogen-bond acceptors (Lipinski definition) is 3. The standard InChI is InChI=1S/C20H23ClN2O4/c21-17-12-13(8-9-16(17)19(25)23-10-4-1-5-11-23)22-18(24)14-6-2-3-7-15(14)20(26)27/h2-3,8-9,12,14-15H,1,4-7,10-11H2,(H,22,24)(H,26,27)/t14-,15-/m0/s1. The van der Waals surface area contributed by atoms with E-state index in [2.05, 4.69) is 5.32 Å². The molecule has 0 unspecified atom stereocenters. The molecule has 3 rings (SSSR count). The zero-order valence-electron chi connectivity index (χ0n) is 15.0. The lowest BCUT2D eigenvalue weighted by Crippen LogP contribution is -2.36. The Balaban J connectivity index is 1.70. The van der Waals surface area contributed by atoms with Gasteiger partial charge in [0.15, 0.2) is 0 Å². The van der Waals surface area contributed by atoms with E-state index in [9.17, 15) is 19.5 Å². The number of carbonyl (C=O) groups excluding carboxylic acids is 2. The van der Waals surface area contributed by atoms with Crippen molar-refractivity contribution in [2.45, 2.75) is 32.1 Å². The molecule has 2 atom stereocenters. The van der Waals surface area contributed by atoms with Crippen molar-refractivity contribution in [2.75, 3.05) is 18.4 Å². The third kappa shape index (κ3) is 4.50. The molecule has 2 aliphatic rings. The second kappa shape index (κ2) is 8.57. The normalized spacial score (nSPS) is 22.3. The highest BCUT2D eigenvalue weighted by Crippen LogP contribution is 2.29. The lowest BCUT2D eigenvalue weighted by Gasteiger charge is -2.27. The molecule has 0 aromatic heterocycles. The van der Waals surface area contributed by atoms with Crippen molar-refractivity contribution >= 4 is 35.1 Å². The number of hydrogen-bond donors (Lipinski definition) is 2. The number of carboxylic acid groups (broad SMARTS) is 1. The van der Waals surface area contributed by atoms with Gasteiger partial charge in [0, 0.05) is 18.8 Å². The Morgan fingerprint density at radius 2 is 1.70 bits per heavy atom. The lowest BCUT2D eigenvalue weighted by molar-refractivity contribution is -0.146. The Kier molecular flexibility index (Phi) is 6.16. The quantitative estimate of drug-likeness (QED) is 0.769. The highest BCUT2D eigenvalue weighted by molar-refractivity contribution is 6.34. The predicted octanol–water partition coefficient (Wildman–Crippen LogP) is 3.57. The van der Waals surface area contributed by atoms with Crippen LogP contribution >= 0.6 is 11.6 Å². The predicted molar refractivity (Wildman–Crippen MR) is 103 cm³/mol. The molecule has 27 heavy (non-hydrogen) atoms. The van der Waals surface area contributed by atoms with Gasteiger partial charge in [-0.05, 0) is 50.3 Å². The van der Waals surface area contributed by atoms with Gasteiger partial charge in [-0.3, -0.25) is 14.4 Å². The Morgan fingerprint density at radius 1 is 1.04 bits per heavy atom. The number of halogens is 1. The van der Waals surface area contributed by atoms with Crippen LogP contribution < -0.4 is 5.32 Å². The van der Waals surface area contributed by atoms with E-state index < -0.39 is 17.8 Å². The summed E-state index contributed by atoms with van der Waals surface area (Å²) in [6, 6.07) is 4.80. The van der Waals surface area contributed by atoms with Gasteiger partial charge in [-0.25, -0.2) is 0 Å². The number of nitrogens with one attached hydrogen (secondary N) is 1. The summed E-state index contributed by atoms with van der Waals surface area (Å²) < 4.78 is 0. The number of benzene rings is 1. The summed E-state index contributed by atoms with van der Waals surface area (Å²) in [4.78, 5) is 38.3. The van der Waals surface area contributed by atoms with Crippen molar-refractivity contribution in [3.8, 4) is 0 Å². The minimum absolute atomic E-state index is 0.0964. The molecule has 0 saturated carbocycles. The number of amides is 2. The van der Waals surface area contributed by atoms with E-state index in [0.29, 0.717) is 24.1 Å². The van der Waals surface area contributed by atoms with Gasteiger partial charge in [0.2, 0.25) is 5.91 Å². The van der Waals surface area contributed by atoms with Crippen LogP contribution in [0.2, 0.25) is 5.02 Å². The van der Waals surface area contributed by atoms with Crippen LogP contribution in [0.15, 0.2) is 30.4 Å². The second-order valence-corrected chi connectivity index (χ2v) is 7.44. The summed E-state index contributed by atoms with van der Waals surface area (Å²) >= 11 is 6.29. The summed E-state index contributed by atoms with van der Waals surface area (Å²) in [5.41, 5.74) is 0.875. The van der Waals surface area contributed by atoms with Crippen molar-refractivity contribution in [1.82, 2.24) is 4.90 Å². The molecule has 0 bridgehead atoms. The number of piperidine rings is 1. The maximum atomic E-state index is 12.6. The van der Waals surface area contributed by atoms with Crippen molar-refractivity contribution in [3.05, 3.63) is 40.9 Å². The van der Waals surface area contributed by atoms with Gasteiger partial charge >= 0.3 is 5.97 Å². The monoisotopic (exact) mass is 390 g/mol. The van der Waals surface area contributed by atoms with Crippen LogP contribution in [0.1, 0.15) is 42.5 Å². The molecule has 0 radical (unpaired) electrons. The van der Waals surface area contributed by atoms with Crippen LogP contribution in [0.25, 0.3) is 0 Å². The number of nitrogens with zero attached hydrogens (tertiary/aromatic N) is 1. The molecule has 1 heterocycles. The smallest absolute Gasteiger partial charge is 0.307 e. The summed E-state index contributed by atoms with van der Waals surface area (Å²) in [6.07, 6.45) is 7.49. The first kappa shape index (κ1) is 19.4. The minimum atomic E-state index is -0.972. The number of allylic oxidation sites excluding steroid dienone is 2. The fourth-order valence-corrected chi connectivity index (χ4v) is 3.91. The van der Waals surface area contributed by atoms with Crippen molar-refractivity contribution in [2.24, 2.45) is 11.8 Å². The zero-order valence-corrected chi connectivity index (χ0v) is 15.7. The number of aliphatic carboxylic acids is 1. The van der Waals surface area contributed by atoms with Gasteiger partial charge < -0.3 is 15.3 Å². The third-order valence-electron chi connectivity index (χ3n) is 5.20. The first-order valence-corrected chi connectivity index (χ1v) is 9.62. The Bertz CT molecular complexity index is 771. The Hall–Kier alpha value is -2.34. The van der Waals surface area contributed by atoms with Crippen LogP contribution in [-0.2, 0) is 9.59 Å². The summed E-state index contributed by atoms with van der Waals surface area (Å²) in [5, 5.41) is 12.3. The van der Waals surface area contributed by atoms with E-state index in [1.807, 2.05) is 6.08 Å². The van der Waals surface area contributed by atoms with Crippen LogP contribution in [0.4, 0.5) is 5.69 Å². The van der Waals surface area contributed by atoms with E-state index in [4.69, 9.17) is 11.6 Å². The van der Waals surface area contributed by atoms with Gasteiger partial charge in [-0.15, -0.1) is 0 Å². The number of likely N-dealkylation sites (tertiary alicyclic amines) is 1. The average molecular weight is 391 g/mol. The highest BCUT2D eigenvalue weighted by Gasteiger charge is 2.34. The lowest BCUT2D eigenvalue weighted by atomic mass is 9.82. The molecule has 1 aromatic rings. The average Bonchev–Trinajstić information content (AvgIpc) is 2.68. The van der Waals surface area contributed by atoms with Crippen molar-refractivity contribution < 1.29 is 19.5 Å². The van der Waals surface area contributed by atoms with Gasteiger partial charge in [-0.1, -0.05) is 23.8 Å². The highest BCUT2D eigenvalue weighted by atomic mass is 35.5. The van der Waals surface area contributed by atoms with Gasteiger partial charge in [0.25, 0.3) is 5.91 Å². The molecular formula is C20H23ClN2O4. The van der Waals surface area contributed by atoms with E-state index >= 15 is 0 Å². The molecule has 1 saturated heterocycles. The molecule has 6 nitrogen and oxygen atoms in total. The summed E-state index contributed by atoms with van der Waals surface area (Å²) in [7, 11) is 0. The van der Waals surface area contributed by atoms with Crippen molar-refractivity contribution in [1.29, 1.82) is 0 Å². The van der Waals surface area contributed by atoms with E-state index in [1.54, 1.807) is 29.2 Å². The van der Waals surface area contributed by atoms with Crippen LogP contribution in [0.5, 0.6) is 0 Å². The molecular weight excluding hydrogens is 368 g/mol. The fourth-order valence-electron chi connectivity index (χ4n) is 3.65. The summed E-state index contributed by atoms with van der Waals surface area (Å²) in [6.45, 7) is 1.47. The van der Waals surface area contributed by atoms with E-state index in [0.717, 1.165) is 32.4 Å². The van der Waals surface area contributed by atoms with Crippen LogP contribution in [0, 0.1) is 11.8 Å². The largest absolute Gasteiger partial charge is 0.481 e. The SMILES string of the molecule is O=C(O)[C@H]1CC=CC[C@@H]1C(=O)Nc1ccc(C(=O)N2CCCCC2)c(Cl)c1. The van der Waals surface area contributed by atoms with Gasteiger partial charge in [-0.2, -0.15) is 0 Å². The number of anilines is 1. The molecule has 2 amide bonds. The second-order valence-electron chi connectivity index (χ2n) is 7.03. The van der Waals surface area contributed by atoms with Crippen molar-refractivity contribution in [3.63, 3.8) is 0 Å². The molecule has 0 spiro atoms.